The average molecular weight is 362 g/mol. The third-order valence-corrected chi connectivity index (χ3v) is 3.19. The second kappa shape index (κ2) is 6.69. The highest BCUT2D eigenvalue weighted by Gasteiger charge is 2.16. The van der Waals surface area contributed by atoms with Crippen LogP contribution in [-0.4, -0.2) is 23.5 Å². The van der Waals surface area contributed by atoms with E-state index in [4.69, 9.17) is 10.8 Å². The molecule has 0 fully saturated rings. The van der Waals surface area contributed by atoms with Crippen molar-refractivity contribution in [3.63, 3.8) is 0 Å². The van der Waals surface area contributed by atoms with Crippen LogP contribution >= 0.6 is 22.6 Å². The number of aromatic carboxylic acids is 1. The third kappa shape index (κ3) is 3.95. The molecule has 0 saturated heterocycles. The smallest absolute Gasteiger partial charge is 0.337 e. The van der Waals surface area contributed by atoms with Crippen molar-refractivity contribution in [3.05, 3.63) is 27.3 Å². The van der Waals surface area contributed by atoms with Gasteiger partial charge >= 0.3 is 5.97 Å². The van der Waals surface area contributed by atoms with Crippen molar-refractivity contribution in [2.45, 2.75) is 13.3 Å². The lowest BCUT2D eigenvalue weighted by Crippen LogP contribution is -2.23. The number of amides is 1. The first-order valence-corrected chi connectivity index (χ1v) is 6.57. The van der Waals surface area contributed by atoms with E-state index in [0.29, 0.717) is 18.7 Å². The van der Waals surface area contributed by atoms with Gasteiger partial charge in [-0.3, -0.25) is 4.79 Å². The molecule has 1 amide bonds. The average Bonchev–Trinajstić information content (AvgIpc) is 2.31. The van der Waals surface area contributed by atoms with Crippen molar-refractivity contribution in [2.24, 2.45) is 11.7 Å². The Kier molecular flexibility index (Phi) is 5.54. The maximum atomic E-state index is 11.8. The molecule has 0 radical (unpaired) electrons. The van der Waals surface area contributed by atoms with Crippen LogP contribution < -0.4 is 11.1 Å². The van der Waals surface area contributed by atoms with E-state index >= 15 is 0 Å². The van der Waals surface area contributed by atoms with E-state index in [-0.39, 0.29) is 17.4 Å². The summed E-state index contributed by atoms with van der Waals surface area (Å²) in [6, 6.07) is 4.86. The van der Waals surface area contributed by atoms with Crippen molar-refractivity contribution >= 4 is 40.2 Å². The molecule has 5 nitrogen and oxygen atoms in total. The van der Waals surface area contributed by atoms with Gasteiger partial charge in [0.25, 0.3) is 0 Å². The fourth-order valence-corrected chi connectivity index (χ4v) is 1.93. The standard InChI is InChI=1S/C12H15IN2O3/c1-7(4-5-14)11(16)15-10-3-2-8(13)6-9(10)12(17)18/h2-3,6-7H,4-5,14H2,1H3,(H,15,16)(H,17,18). The molecule has 1 aromatic carbocycles. The number of nitrogens with two attached hydrogens (primary N) is 1. The number of nitrogens with one attached hydrogen (secondary N) is 1. The van der Waals surface area contributed by atoms with Gasteiger partial charge in [0, 0.05) is 9.49 Å². The molecule has 1 unspecified atom stereocenters. The summed E-state index contributed by atoms with van der Waals surface area (Å²) in [6.45, 7) is 2.18. The lowest BCUT2D eigenvalue weighted by Gasteiger charge is -2.13. The van der Waals surface area contributed by atoms with Crippen molar-refractivity contribution < 1.29 is 14.7 Å². The van der Waals surface area contributed by atoms with Crippen LogP contribution in [0.5, 0.6) is 0 Å². The van der Waals surface area contributed by atoms with Crippen LogP contribution in [0.2, 0.25) is 0 Å². The van der Waals surface area contributed by atoms with E-state index in [1.807, 2.05) is 22.6 Å². The summed E-state index contributed by atoms with van der Waals surface area (Å²) in [5, 5.41) is 11.7. The zero-order valence-corrected chi connectivity index (χ0v) is 12.1. The molecule has 1 atom stereocenters. The van der Waals surface area contributed by atoms with E-state index in [1.165, 1.54) is 6.07 Å². The quantitative estimate of drug-likeness (QED) is 0.698. The molecule has 1 aromatic rings. The summed E-state index contributed by atoms with van der Waals surface area (Å²) < 4.78 is 0.804. The molecule has 18 heavy (non-hydrogen) atoms. The first-order valence-electron chi connectivity index (χ1n) is 5.49. The molecule has 0 aliphatic heterocycles. The van der Waals surface area contributed by atoms with Gasteiger partial charge in [-0.1, -0.05) is 6.92 Å². The van der Waals surface area contributed by atoms with Crippen molar-refractivity contribution in [3.8, 4) is 0 Å². The maximum Gasteiger partial charge on any atom is 0.337 e. The summed E-state index contributed by atoms with van der Waals surface area (Å²) in [7, 11) is 0. The highest BCUT2D eigenvalue weighted by atomic mass is 127. The van der Waals surface area contributed by atoms with Crippen LogP contribution in [0.3, 0.4) is 0 Å². The minimum absolute atomic E-state index is 0.0928. The summed E-state index contributed by atoms with van der Waals surface area (Å²) in [4.78, 5) is 22.9. The zero-order chi connectivity index (χ0) is 13.7. The predicted molar refractivity (Wildman–Crippen MR) is 77.6 cm³/mol. The highest BCUT2D eigenvalue weighted by Crippen LogP contribution is 2.20. The molecule has 98 valence electrons. The minimum Gasteiger partial charge on any atom is -0.478 e. The van der Waals surface area contributed by atoms with Crippen molar-refractivity contribution in [2.75, 3.05) is 11.9 Å². The largest absolute Gasteiger partial charge is 0.478 e. The monoisotopic (exact) mass is 362 g/mol. The molecule has 0 spiro atoms. The molecule has 0 saturated carbocycles. The second-order valence-electron chi connectivity index (χ2n) is 3.96. The van der Waals surface area contributed by atoms with Crippen LogP contribution in [0.25, 0.3) is 0 Å². The van der Waals surface area contributed by atoms with Gasteiger partial charge < -0.3 is 16.2 Å². The zero-order valence-electron chi connectivity index (χ0n) is 9.94. The van der Waals surface area contributed by atoms with Gasteiger partial charge in [0.2, 0.25) is 5.91 Å². The third-order valence-electron chi connectivity index (χ3n) is 2.52. The fraction of sp³-hybridized carbons (Fsp3) is 0.333. The number of anilines is 1. The number of carboxylic acid groups (broad SMARTS) is 1. The van der Waals surface area contributed by atoms with Gasteiger partial charge in [-0.05, 0) is 53.8 Å². The number of carboxylic acids is 1. The second-order valence-corrected chi connectivity index (χ2v) is 5.21. The maximum absolute atomic E-state index is 11.8. The number of benzene rings is 1. The van der Waals surface area contributed by atoms with Crippen molar-refractivity contribution in [1.29, 1.82) is 0 Å². The molecular formula is C12H15IN2O3. The van der Waals surface area contributed by atoms with Gasteiger partial charge in [-0.15, -0.1) is 0 Å². The Morgan fingerprint density at radius 1 is 1.50 bits per heavy atom. The number of carbonyl (C=O) groups is 2. The molecule has 0 bridgehead atoms. The first-order chi connectivity index (χ1) is 8.45. The molecule has 1 rings (SSSR count). The lowest BCUT2D eigenvalue weighted by atomic mass is 10.1. The molecule has 6 heteroatoms. The molecule has 0 aliphatic rings. The topological polar surface area (TPSA) is 92.4 Å². The molecular weight excluding hydrogens is 347 g/mol. The van der Waals surface area contributed by atoms with E-state index < -0.39 is 5.97 Å². The van der Waals surface area contributed by atoms with Gasteiger partial charge in [0.05, 0.1) is 11.3 Å². The van der Waals surface area contributed by atoms with E-state index in [1.54, 1.807) is 19.1 Å². The number of hydrogen-bond donors (Lipinski definition) is 3. The first kappa shape index (κ1) is 14.9. The van der Waals surface area contributed by atoms with E-state index in [0.717, 1.165) is 3.57 Å². The Morgan fingerprint density at radius 2 is 2.17 bits per heavy atom. The predicted octanol–water partition coefficient (Wildman–Crippen LogP) is 1.91. The minimum atomic E-state index is -1.06. The Balaban J connectivity index is 2.90. The molecule has 0 heterocycles. The number of halogens is 1. The molecule has 4 N–H and O–H groups in total. The Morgan fingerprint density at radius 3 is 2.72 bits per heavy atom. The number of carbonyl (C=O) groups excluding carboxylic acids is 1. The number of rotatable bonds is 5. The summed E-state index contributed by atoms with van der Waals surface area (Å²) in [6.07, 6.45) is 0.568. The van der Waals surface area contributed by atoms with Gasteiger partial charge in [-0.2, -0.15) is 0 Å². The Bertz CT molecular complexity index is 463. The molecule has 0 aromatic heterocycles. The van der Waals surface area contributed by atoms with Crippen LogP contribution in [0.15, 0.2) is 18.2 Å². The summed E-state index contributed by atoms with van der Waals surface area (Å²) in [5.41, 5.74) is 5.79. The van der Waals surface area contributed by atoms with Gasteiger partial charge in [0.1, 0.15) is 0 Å². The normalized spacial score (nSPS) is 11.9. The van der Waals surface area contributed by atoms with E-state index in [9.17, 15) is 9.59 Å². The Hall–Kier alpha value is -1.15. The van der Waals surface area contributed by atoms with Crippen LogP contribution in [0.4, 0.5) is 5.69 Å². The van der Waals surface area contributed by atoms with Gasteiger partial charge in [0.15, 0.2) is 0 Å². The van der Waals surface area contributed by atoms with E-state index in [2.05, 4.69) is 5.32 Å². The fourth-order valence-electron chi connectivity index (χ4n) is 1.44. The SMILES string of the molecule is CC(CCN)C(=O)Nc1ccc(I)cc1C(=O)O. The van der Waals surface area contributed by atoms with Crippen LogP contribution in [0.1, 0.15) is 23.7 Å². The lowest BCUT2D eigenvalue weighted by molar-refractivity contribution is -0.119. The van der Waals surface area contributed by atoms with Crippen LogP contribution in [-0.2, 0) is 4.79 Å². The number of hydrogen-bond acceptors (Lipinski definition) is 3. The van der Waals surface area contributed by atoms with Crippen molar-refractivity contribution in [1.82, 2.24) is 0 Å². The van der Waals surface area contributed by atoms with Crippen LogP contribution in [0, 0.1) is 9.49 Å². The highest BCUT2D eigenvalue weighted by molar-refractivity contribution is 14.1. The Labute approximate surface area is 119 Å². The molecule has 0 aliphatic carbocycles. The van der Waals surface area contributed by atoms with Gasteiger partial charge in [-0.25, -0.2) is 4.79 Å². The summed E-state index contributed by atoms with van der Waals surface area (Å²) in [5.74, 6) is -1.52. The summed E-state index contributed by atoms with van der Waals surface area (Å²) >= 11 is 2.02.